The number of carbonyl (C=O) groups is 2. The first-order valence-electron chi connectivity index (χ1n) is 4.19. The summed E-state index contributed by atoms with van der Waals surface area (Å²) in [6.07, 6.45) is 0.969. The maximum atomic E-state index is 11.0. The number of Topliss-reactive ketones (excluding diaryl/α,β-unsaturated/α-hetero) is 1. The van der Waals surface area contributed by atoms with Gasteiger partial charge in [0.2, 0.25) is 5.91 Å². The highest BCUT2D eigenvalue weighted by atomic mass is 32.2. The standard InChI is InChI=1S/C8H15NO4S/c1-6(2)7(10)4-9-8(11)5-14(3,12)13/h6H,4-5H2,1-3H3,(H,9,11). The summed E-state index contributed by atoms with van der Waals surface area (Å²) >= 11 is 0. The van der Waals surface area contributed by atoms with E-state index in [-0.39, 0.29) is 18.2 Å². The van der Waals surface area contributed by atoms with Crippen LogP contribution in [0.2, 0.25) is 0 Å². The molecule has 0 aromatic rings. The van der Waals surface area contributed by atoms with Crippen LogP contribution in [0.25, 0.3) is 0 Å². The summed E-state index contributed by atoms with van der Waals surface area (Å²) < 4.78 is 21.3. The zero-order valence-corrected chi connectivity index (χ0v) is 9.35. The first-order valence-corrected chi connectivity index (χ1v) is 6.25. The molecule has 0 aromatic carbocycles. The highest BCUT2D eigenvalue weighted by molar-refractivity contribution is 7.91. The molecule has 0 fully saturated rings. The van der Waals surface area contributed by atoms with Crippen molar-refractivity contribution in [3.05, 3.63) is 0 Å². The van der Waals surface area contributed by atoms with Crippen molar-refractivity contribution in [1.29, 1.82) is 0 Å². The maximum absolute atomic E-state index is 11.0. The highest BCUT2D eigenvalue weighted by Gasteiger charge is 2.13. The van der Waals surface area contributed by atoms with Crippen molar-refractivity contribution < 1.29 is 18.0 Å². The molecule has 0 radical (unpaired) electrons. The molecule has 0 atom stereocenters. The van der Waals surface area contributed by atoms with Crippen molar-refractivity contribution in [2.45, 2.75) is 13.8 Å². The smallest absolute Gasteiger partial charge is 0.235 e. The van der Waals surface area contributed by atoms with Crippen LogP contribution >= 0.6 is 0 Å². The Morgan fingerprint density at radius 2 is 1.79 bits per heavy atom. The average molecular weight is 221 g/mol. The Hall–Kier alpha value is -0.910. The Labute approximate surface area is 83.8 Å². The zero-order valence-electron chi connectivity index (χ0n) is 8.53. The Morgan fingerprint density at radius 3 is 2.14 bits per heavy atom. The predicted molar refractivity (Wildman–Crippen MR) is 52.6 cm³/mol. The number of rotatable bonds is 5. The molecule has 0 aromatic heterocycles. The molecule has 1 amide bonds. The summed E-state index contributed by atoms with van der Waals surface area (Å²) in [6.45, 7) is 3.32. The van der Waals surface area contributed by atoms with E-state index in [1.165, 1.54) is 0 Å². The van der Waals surface area contributed by atoms with Gasteiger partial charge in [0.05, 0.1) is 6.54 Å². The normalized spacial score (nSPS) is 11.4. The quantitative estimate of drug-likeness (QED) is 0.670. The van der Waals surface area contributed by atoms with E-state index in [9.17, 15) is 18.0 Å². The van der Waals surface area contributed by atoms with E-state index in [0.717, 1.165) is 6.26 Å². The third-order valence-electron chi connectivity index (χ3n) is 1.50. The van der Waals surface area contributed by atoms with Crippen molar-refractivity contribution in [1.82, 2.24) is 5.32 Å². The minimum atomic E-state index is -3.31. The van der Waals surface area contributed by atoms with Gasteiger partial charge in [-0.2, -0.15) is 0 Å². The topological polar surface area (TPSA) is 80.3 Å². The fourth-order valence-corrected chi connectivity index (χ4v) is 1.26. The van der Waals surface area contributed by atoms with Crippen molar-refractivity contribution in [3.8, 4) is 0 Å². The summed E-state index contributed by atoms with van der Waals surface area (Å²) in [4.78, 5) is 22.0. The monoisotopic (exact) mass is 221 g/mol. The Morgan fingerprint density at radius 1 is 1.29 bits per heavy atom. The third-order valence-corrected chi connectivity index (χ3v) is 2.28. The second-order valence-corrected chi connectivity index (χ2v) is 5.61. The van der Waals surface area contributed by atoms with Crippen molar-refractivity contribution in [2.24, 2.45) is 5.92 Å². The SMILES string of the molecule is CC(C)C(=O)CNC(=O)CS(C)(=O)=O. The van der Waals surface area contributed by atoms with Crippen LogP contribution in [-0.2, 0) is 19.4 Å². The molecule has 14 heavy (non-hydrogen) atoms. The molecular formula is C8H15NO4S. The van der Waals surface area contributed by atoms with E-state index < -0.39 is 21.5 Å². The lowest BCUT2D eigenvalue weighted by Crippen LogP contribution is -2.35. The minimum Gasteiger partial charge on any atom is -0.348 e. The number of carbonyl (C=O) groups excluding carboxylic acids is 2. The van der Waals surface area contributed by atoms with Gasteiger partial charge in [0.1, 0.15) is 5.75 Å². The number of nitrogens with one attached hydrogen (secondary N) is 1. The van der Waals surface area contributed by atoms with Crippen LogP contribution in [0.5, 0.6) is 0 Å². The lowest BCUT2D eigenvalue weighted by molar-refractivity contribution is -0.125. The fraction of sp³-hybridized carbons (Fsp3) is 0.750. The van der Waals surface area contributed by atoms with Gasteiger partial charge < -0.3 is 5.32 Å². The van der Waals surface area contributed by atoms with E-state index in [0.29, 0.717) is 0 Å². The Bertz CT molecular complexity index is 318. The zero-order chi connectivity index (χ0) is 11.4. The van der Waals surface area contributed by atoms with Gasteiger partial charge in [-0.25, -0.2) is 8.42 Å². The summed E-state index contributed by atoms with van der Waals surface area (Å²) in [6, 6.07) is 0. The number of amides is 1. The van der Waals surface area contributed by atoms with Crippen LogP contribution in [0.1, 0.15) is 13.8 Å². The van der Waals surface area contributed by atoms with Gasteiger partial charge in [-0.3, -0.25) is 9.59 Å². The van der Waals surface area contributed by atoms with Crippen LogP contribution in [0, 0.1) is 5.92 Å². The summed E-state index contributed by atoms with van der Waals surface area (Å²) in [5.41, 5.74) is 0. The average Bonchev–Trinajstić information content (AvgIpc) is 1.96. The molecule has 82 valence electrons. The number of sulfone groups is 1. The van der Waals surface area contributed by atoms with Crippen LogP contribution in [-0.4, -0.2) is 38.7 Å². The van der Waals surface area contributed by atoms with Gasteiger partial charge >= 0.3 is 0 Å². The van der Waals surface area contributed by atoms with Gasteiger partial charge in [-0.05, 0) is 0 Å². The van der Waals surface area contributed by atoms with E-state index in [1.807, 2.05) is 0 Å². The molecule has 0 aliphatic rings. The summed E-state index contributed by atoms with van der Waals surface area (Å²) in [7, 11) is -3.31. The number of hydrogen-bond donors (Lipinski definition) is 1. The second kappa shape index (κ2) is 5.09. The minimum absolute atomic E-state index is 0.105. The van der Waals surface area contributed by atoms with E-state index in [2.05, 4.69) is 5.32 Å². The van der Waals surface area contributed by atoms with Crippen molar-refractivity contribution in [3.63, 3.8) is 0 Å². The molecule has 0 saturated heterocycles. The lowest BCUT2D eigenvalue weighted by Gasteiger charge is -2.05. The van der Waals surface area contributed by atoms with Crippen LogP contribution < -0.4 is 5.32 Å². The first kappa shape index (κ1) is 13.1. The fourth-order valence-electron chi connectivity index (χ4n) is 0.679. The molecule has 0 bridgehead atoms. The molecular weight excluding hydrogens is 206 g/mol. The predicted octanol–water partition coefficient (Wildman–Crippen LogP) is -0.628. The van der Waals surface area contributed by atoms with Gasteiger partial charge in [0, 0.05) is 12.2 Å². The first-order chi connectivity index (χ1) is 6.22. The summed E-state index contributed by atoms with van der Waals surface area (Å²) in [5, 5.41) is 2.25. The number of hydrogen-bond acceptors (Lipinski definition) is 4. The molecule has 6 heteroatoms. The third kappa shape index (κ3) is 6.59. The van der Waals surface area contributed by atoms with Gasteiger partial charge in [-0.15, -0.1) is 0 Å². The molecule has 0 heterocycles. The molecule has 0 aliphatic carbocycles. The van der Waals surface area contributed by atoms with Crippen LogP contribution in [0.4, 0.5) is 0 Å². The highest BCUT2D eigenvalue weighted by Crippen LogP contribution is 1.92. The molecule has 0 spiro atoms. The van der Waals surface area contributed by atoms with E-state index in [4.69, 9.17) is 0 Å². The Balaban J connectivity index is 3.93. The molecule has 0 unspecified atom stereocenters. The molecule has 1 N–H and O–H groups in total. The second-order valence-electron chi connectivity index (χ2n) is 3.47. The lowest BCUT2D eigenvalue weighted by atomic mass is 10.1. The number of ketones is 1. The Kier molecular flexibility index (Phi) is 4.76. The van der Waals surface area contributed by atoms with Gasteiger partial charge in [0.25, 0.3) is 0 Å². The van der Waals surface area contributed by atoms with Gasteiger partial charge in [0.15, 0.2) is 15.6 Å². The van der Waals surface area contributed by atoms with Crippen LogP contribution in [0.3, 0.4) is 0 Å². The van der Waals surface area contributed by atoms with E-state index in [1.54, 1.807) is 13.8 Å². The summed E-state index contributed by atoms with van der Waals surface area (Å²) in [5.74, 6) is -1.49. The largest absolute Gasteiger partial charge is 0.348 e. The maximum Gasteiger partial charge on any atom is 0.235 e. The molecule has 0 rings (SSSR count). The molecule has 0 saturated carbocycles. The van der Waals surface area contributed by atoms with Gasteiger partial charge in [-0.1, -0.05) is 13.8 Å². The molecule has 0 aliphatic heterocycles. The van der Waals surface area contributed by atoms with Crippen LogP contribution in [0.15, 0.2) is 0 Å². The van der Waals surface area contributed by atoms with E-state index >= 15 is 0 Å². The van der Waals surface area contributed by atoms with Crippen molar-refractivity contribution >= 4 is 21.5 Å². The molecule has 5 nitrogen and oxygen atoms in total. The van der Waals surface area contributed by atoms with Crippen molar-refractivity contribution in [2.75, 3.05) is 18.6 Å².